The van der Waals surface area contributed by atoms with Gasteiger partial charge in [-0.2, -0.15) is 0 Å². The average molecular weight is 416 g/mol. The number of carbonyl (C=O) groups excluding carboxylic acids is 2. The molecule has 2 amide bonds. The summed E-state index contributed by atoms with van der Waals surface area (Å²) in [7, 11) is -2.89. The molecule has 3 aliphatic rings. The van der Waals surface area contributed by atoms with E-state index < -0.39 is 15.4 Å². The summed E-state index contributed by atoms with van der Waals surface area (Å²) >= 11 is 0. The zero-order valence-corrected chi connectivity index (χ0v) is 18.0. The number of amides is 2. The van der Waals surface area contributed by atoms with E-state index in [1.54, 1.807) is 4.90 Å². The lowest BCUT2D eigenvalue weighted by Gasteiger charge is -2.40. The van der Waals surface area contributed by atoms with Crippen LogP contribution in [0.3, 0.4) is 0 Å². The number of nitrogens with zero attached hydrogens (tertiary/aromatic N) is 3. The molecule has 3 fully saturated rings. The zero-order valence-electron chi connectivity index (χ0n) is 17.2. The van der Waals surface area contributed by atoms with Gasteiger partial charge < -0.3 is 14.5 Å². The molecule has 0 spiro atoms. The maximum Gasteiger partial charge on any atom is 0.410 e. The summed E-state index contributed by atoms with van der Waals surface area (Å²) in [5.74, 6) is 0.444. The predicted octanol–water partition coefficient (Wildman–Crippen LogP) is 0.965. The fourth-order valence-electron chi connectivity index (χ4n) is 4.30. The van der Waals surface area contributed by atoms with Crippen LogP contribution in [0, 0.1) is 5.92 Å². The second-order valence-electron chi connectivity index (χ2n) is 9.18. The molecule has 0 radical (unpaired) electrons. The standard InChI is InChI=1S/C19H33N3O5S/c1-19(2,3)27-18(24)22-7-4-5-15(13-22)17(23)21-10-8-20(9-11-21)16-6-12-28(25,26)14-16/h15-16H,4-14H2,1-3H3. The molecule has 28 heavy (non-hydrogen) atoms. The quantitative estimate of drug-likeness (QED) is 0.668. The minimum atomic E-state index is -2.89. The van der Waals surface area contributed by atoms with E-state index in [4.69, 9.17) is 4.74 Å². The van der Waals surface area contributed by atoms with Crippen LogP contribution in [0.4, 0.5) is 4.79 Å². The van der Waals surface area contributed by atoms with E-state index in [2.05, 4.69) is 4.90 Å². The number of sulfone groups is 1. The molecule has 2 atom stereocenters. The van der Waals surface area contributed by atoms with Crippen LogP contribution >= 0.6 is 0 Å². The molecule has 0 bridgehead atoms. The van der Waals surface area contributed by atoms with Crippen molar-refractivity contribution in [3.8, 4) is 0 Å². The Hall–Kier alpha value is -1.35. The lowest BCUT2D eigenvalue weighted by Crippen LogP contribution is -2.55. The molecule has 3 rings (SSSR count). The van der Waals surface area contributed by atoms with Crippen LogP contribution in [0.25, 0.3) is 0 Å². The van der Waals surface area contributed by atoms with Gasteiger partial charge in [0.15, 0.2) is 9.84 Å². The van der Waals surface area contributed by atoms with Crippen LogP contribution in [0.2, 0.25) is 0 Å². The first-order chi connectivity index (χ1) is 13.0. The first-order valence-electron chi connectivity index (χ1n) is 10.3. The monoisotopic (exact) mass is 415 g/mol. The molecule has 0 aromatic carbocycles. The molecule has 160 valence electrons. The normalized spacial score (nSPS) is 29.0. The highest BCUT2D eigenvalue weighted by molar-refractivity contribution is 7.91. The Balaban J connectivity index is 1.50. The van der Waals surface area contributed by atoms with Crippen LogP contribution in [0.15, 0.2) is 0 Å². The maximum absolute atomic E-state index is 13.0. The van der Waals surface area contributed by atoms with Gasteiger partial charge in [0, 0.05) is 45.3 Å². The van der Waals surface area contributed by atoms with Gasteiger partial charge in [-0.15, -0.1) is 0 Å². The number of piperazine rings is 1. The van der Waals surface area contributed by atoms with Gasteiger partial charge >= 0.3 is 6.09 Å². The van der Waals surface area contributed by atoms with Gasteiger partial charge in [-0.3, -0.25) is 9.69 Å². The largest absolute Gasteiger partial charge is 0.444 e. The third-order valence-electron chi connectivity index (χ3n) is 5.77. The predicted molar refractivity (Wildman–Crippen MR) is 106 cm³/mol. The molecule has 0 aromatic rings. The molecule has 0 saturated carbocycles. The highest BCUT2D eigenvalue weighted by Crippen LogP contribution is 2.23. The molecular weight excluding hydrogens is 382 g/mol. The molecule has 8 nitrogen and oxygen atoms in total. The second kappa shape index (κ2) is 8.18. The van der Waals surface area contributed by atoms with Crippen LogP contribution in [0.5, 0.6) is 0 Å². The van der Waals surface area contributed by atoms with Gasteiger partial charge in [-0.05, 0) is 40.0 Å². The van der Waals surface area contributed by atoms with Crippen LogP contribution in [-0.4, -0.2) is 97.5 Å². The number of hydrogen-bond donors (Lipinski definition) is 0. The van der Waals surface area contributed by atoms with Gasteiger partial charge in [0.2, 0.25) is 5.91 Å². The minimum absolute atomic E-state index is 0.0968. The van der Waals surface area contributed by atoms with E-state index in [1.165, 1.54) is 0 Å². The van der Waals surface area contributed by atoms with Gasteiger partial charge in [0.25, 0.3) is 0 Å². The molecular formula is C19H33N3O5S. The van der Waals surface area contributed by atoms with Crippen molar-refractivity contribution in [1.29, 1.82) is 0 Å². The van der Waals surface area contributed by atoms with Crippen molar-refractivity contribution < 1.29 is 22.7 Å². The average Bonchev–Trinajstić information content (AvgIpc) is 3.00. The van der Waals surface area contributed by atoms with E-state index in [1.807, 2.05) is 25.7 Å². The topological polar surface area (TPSA) is 87.2 Å². The van der Waals surface area contributed by atoms with Gasteiger partial charge in [-0.25, -0.2) is 13.2 Å². The Morgan fingerprint density at radius 1 is 0.964 bits per heavy atom. The van der Waals surface area contributed by atoms with E-state index >= 15 is 0 Å². The SMILES string of the molecule is CC(C)(C)OC(=O)N1CCCC(C(=O)N2CCN(C3CCS(=O)(=O)C3)CC2)C1. The summed E-state index contributed by atoms with van der Waals surface area (Å²) < 4.78 is 28.8. The summed E-state index contributed by atoms with van der Waals surface area (Å²) in [6, 6.07) is 0.0968. The van der Waals surface area contributed by atoms with Crippen molar-refractivity contribution in [2.75, 3.05) is 50.8 Å². The van der Waals surface area contributed by atoms with Crippen molar-refractivity contribution in [3.05, 3.63) is 0 Å². The summed E-state index contributed by atoms with van der Waals surface area (Å²) in [6.07, 6.45) is 1.94. The Kier molecular flexibility index (Phi) is 6.24. The molecule has 3 heterocycles. The Morgan fingerprint density at radius 3 is 2.21 bits per heavy atom. The molecule has 3 aliphatic heterocycles. The van der Waals surface area contributed by atoms with Crippen molar-refractivity contribution in [1.82, 2.24) is 14.7 Å². The third-order valence-corrected chi connectivity index (χ3v) is 7.52. The van der Waals surface area contributed by atoms with Crippen LogP contribution in [0.1, 0.15) is 40.0 Å². The van der Waals surface area contributed by atoms with Gasteiger partial charge in [-0.1, -0.05) is 0 Å². The van der Waals surface area contributed by atoms with Gasteiger partial charge in [0.1, 0.15) is 5.60 Å². The number of hydrogen-bond acceptors (Lipinski definition) is 6. The highest BCUT2D eigenvalue weighted by Gasteiger charge is 2.37. The highest BCUT2D eigenvalue weighted by atomic mass is 32.2. The maximum atomic E-state index is 13.0. The lowest BCUT2D eigenvalue weighted by atomic mass is 9.96. The number of ether oxygens (including phenoxy) is 1. The van der Waals surface area contributed by atoms with Crippen molar-refractivity contribution in [3.63, 3.8) is 0 Å². The van der Waals surface area contributed by atoms with E-state index in [9.17, 15) is 18.0 Å². The smallest absolute Gasteiger partial charge is 0.410 e. The second-order valence-corrected chi connectivity index (χ2v) is 11.4. The molecule has 0 aromatic heterocycles. The third kappa shape index (κ3) is 5.37. The summed E-state index contributed by atoms with van der Waals surface area (Å²) in [5.41, 5.74) is -0.544. The van der Waals surface area contributed by atoms with Crippen LogP contribution < -0.4 is 0 Å². The van der Waals surface area contributed by atoms with E-state index in [-0.39, 0.29) is 35.5 Å². The van der Waals surface area contributed by atoms with Crippen molar-refractivity contribution in [2.45, 2.75) is 51.7 Å². The Bertz CT molecular complexity index is 695. The zero-order chi connectivity index (χ0) is 20.5. The molecule has 9 heteroatoms. The summed E-state index contributed by atoms with van der Waals surface area (Å²) in [5, 5.41) is 0. The fraction of sp³-hybridized carbons (Fsp3) is 0.895. The summed E-state index contributed by atoms with van der Waals surface area (Å²) in [6.45, 7) is 9.24. The first kappa shape index (κ1) is 21.4. The fourth-order valence-corrected chi connectivity index (χ4v) is 6.06. The number of likely N-dealkylation sites (tertiary alicyclic amines) is 1. The molecule has 0 aliphatic carbocycles. The summed E-state index contributed by atoms with van der Waals surface area (Å²) in [4.78, 5) is 31.0. The molecule has 3 saturated heterocycles. The molecule has 0 N–H and O–H groups in total. The first-order valence-corrected chi connectivity index (χ1v) is 12.1. The molecule has 2 unspecified atom stereocenters. The number of piperidine rings is 1. The number of carbonyl (C=O) groups is 2. The van der Waals surface area contributed by atoms with Crippen molar-refractivity contribution in [2.24, 2.45) is 5.92 Å². The van der Waals surface area contributed by atoms with Crippen molar-refractivity contribution >= 4 is 21.8 Å². The van der Waals surface area contributed by atoms with Gasteiger partial charge in [0.05, 0.1) is 17.4 Å². The van der Waals surface area contributed by atoms with E-state index in [0.29, 0.717) is 45.7 Å². The minimum Gasteiger partial charge on any atom is -0.444 e. The Morgan fingerprint density at radius 2 is 1.64 bits per heavy atom. The van der Waals surface area contributed by atoms with E-state index in [0.717, 1.165) is 12.8 Å². The Labute approximate surface area is 168 Å². The number of rotatable bonds is 2. The lowest BCUT2D eigenvalue weighted by molar-refractivity contribution is -0.139. The van der Waals surface area contributed by atoms with Crippen LogP contribution in [-0.2, 0) is 19.4 Å².